The summed E-state index contributed by atoms with van der Waals surface area (Å²) in [4.78, 5) is 18.0. The second kappa shape index (κ2) is 10.6. The Morgan fingerprint density at radius 1 is 1.12 bits per heavy atom. The molecule has 0 spiro atoms. The highest BCUT2D eigenvalue weighted by Crippen LogP contribution is 2.27. The van der Waals surface area contributed by atoms with E-state index in [9.17, 15) is 4.79 Å². The summed E-state index contributed by atoms with van der Waals surface area (Å²) in [5.74, 6) is 0.974. The normalized spacial score (nSPS) is 11.3. The molecule has 0 aliphatic heterocycles. The zero-order valence-electron chi connectivity index (χ0n) is 19.8. The Labute approximate surface area is 204 Å². The minimum absolute atomic E-state index is 0.153. The lowest BCUT2D eigenvalue weighted by molar-refractivity contribution is -0.118. The first-order chi connectivity index (χ1) is 16.5. The molecule has 2 heterocycles. The fraction of sp³-hybridized carbons (Fsp3) is 0.222. The second-order valence-electron chi connectivity index (χ2n) is 7.95. The van der Waals surface area contributed by atoms with E-state index < -0.39 is 0 Å². The summed E-state index contributed by atoms with van der Waals surface area (Å²) in [6.45, 7) is 8.67. The fourth-order valence-corrected chi connectivity index (χ4v) is 4.84. The second-order valence-corrected chi connectivity index (χ2v) is 8.97. The van der Waals surface area contributed by atoms with Gasteiger partial charge in [0.2, 0.25) is 5.91 Å². The number of aryl methyl sites for hydroxylation is 2. The first-order valence-electron chi connectivity index (χ1n) is 11.2. The summed E-state index contributed by atoms with van der Waals surface area (Å²) in [6, 6.07) is 20.1. The Hall–Kier alpha value is -3.58. The minimum Gasteiger partial charge on any atom is -0.494 e. The number of hydrogen-bond donors (Lipinski definition) is 1. The highest BCUT2D eigenvalue weighted by atomic mass is 32.2. The quantitative estimate of drug-likeness (QED) is 0.206. The number of carbonyl (C=O) groups excluding carboxylic acids is 1. The number of carbonyl (C=O) groups is 1. The van der Waals surface area contributed by atoms with Crippen molar-refractivity contribution in [3.05, 3.63) is 83.3 Å². The molecule has 2 aromatic heterocycles. The van der Waals surface area contributed by atoms with E-state index in [0.29, 0.717) is 6.61 Å². The third kappa shape index (κ3) is 5.31. The predicted molar refractivity (Wildman–Crippen MR) is 139 cm³/mol. The van der Waals surface area contributed by atoms with Gasteiger partial charge in [-0.1, -0.05) is 18.2 Å². The van der Waals surface area contributed by atoms with Crippen LogP contribution in [0.5, 0.6) is 5.75 Å². The number of ether oxygens (including phenoxy) is 1. The lowest BCUT2D eigenvalue weighted by Gasteiger charge is -2.11. The zero-order valence-corrected chi connectivity index (χ0v) is 20.6. The Balaban J connectivity index is 1.40. The fourth-order valence-electron chi connectivity index (χ4n) is 3.91. The van der Waals surface area contributed by atoms with Crippen molar-refractivity contribution in [2.75, 3.05) is 12.4 Å². The number of amides is 1. The van der Waals surface area contributed by atoms with E-state index >= 15 is 0 Å². The maximum atomic E-state index is 12.4. The first kappa shape index (κ1) is 23.6. The number of aromatic nitrogens is 2. The van der Waals surface area contributed by atoms with Crippen molar-refractivity contribution in [1.29, 1.82) is 0 Å². The number of nitrogens with zero attached hydrogens (tertiary/aromatic N) is 3. The van der Waals surface area contributed by atoms with Gasteiger partial charge < -0.3 is 9.30 Å². The molecule has 4 aromatic rings. The average molecular weight is 473 g/mol. The molecule has 34 heavy (non-hydrogen) atoms. The standard InChI is InChI=1S/C27H28N4O2S/c1-5-33-23-12-10-22(11-13-23)31-19(3)15-21(20(31)4)16-28-30-27(32)17-34-26-14-18(2)29-25-9-7-6-8-24(25)26/h6-16H,5,17H2,1-4H3,(H,30,32)/b28-16-. The molecule has 0 unspecified atom stereocenters. The summed E-state index contributed by atoms with van der Waals surface area (Å²) in [5.41, 5.74) is 8.66. The smallest absolute Gasteiger partial charge is 0.250 e. The van der Waals surface area contributed by atoms with Crippen LogP contribution >= 0.6 is 11.8 Å². The number of pyridine rings is 1. The van der Waals surface area contributed by atoms with E-state index in [0.717, 1.165) is 49.9 Å². The lowest BCUT2D eigenvalue weighted by Crippen LogP contribution is -2.19. The molecule has 1 amide bonds. The van der Waals surface area contributed by atoms with Crippen molar-refractivity contribution in [3.63, 3.8) is 0 Å². The number of nitrogens with one attached hydrogen (secondary N) is 1. The maximum absolute atomic E-state index is 12.4. The third-order valence-corrected chi connectivity index (χ3v) is 6.49. The molecule has 0 fully saturated rings. The molecule has 1 N–H and O–H groups in total. The highest BCUT2D eigenvalue weighted by molar-refractivity contribution is 8.00. The van der Waals surface area contributed by atoms with Gasteiger partial charge in [-0.05, 0) is 70.2 Å². The molecule has 7 heteroatoms. The van der Waals surface area contributed by atoms with E-state index in [-0.39, 0.29) is 11.7 Å². The molecule has 174 valence electrons. The minimum atomic E-state index is -0.153. The number of rotatable bonds is 8. The van der Waals surface area contributed by atoms with Gasteiger partial charge in [0.15, 0.2) is 0 Å². The topological polar surface area (TPSA) is 68.5 Å². The summed E-state index contributed by atoms with van der Waals surface area (Å²) in [6.07, 6.45) is 1.70. The third-order valence-electron chi connectivity index (χ3n) is 5.43. The molecule has 4 rings (SSSR count). The van der Waals surface area contributed by atoms with E-state index in [1.807, 2.05) is 75.4 Å². The molecular weight excluding hydrogens is 444 g/mol. The number of thioether (sulfide) groups is 1. The van der Waals surface area contributed by atoms with Crippen molar-refractivity contribution in [2.24, 2.45) is 5.10 Å². The van der Waals surface area contributed by atoms with Gasteiger partial charge in [0, 0.05) is 38.6 Å². The maximum Gasteiger partial charge on any atom is 0.250 e. The van der Waals surface area contributed by atoms with Crippen molar-refractivity contribution < 1.29 is 9.53 Å². The molecule has 0 bridgehead atoms. The SMILES string of the molecule is CCOc1ccc(-n2c(C)cc(/C=N\NC(=O)CSc3cc(C)nc4ccccc34)c2C)cc1. The van der Waals surface area contributed by atoms with Crippen molar-refractivity contribution in [2.45, 2.75) is 32.6 Å². The van der Waals surface area contributed by atoms with E-state index in [4.69, 9.17) is 4.74 Å². The van der Waals surface area contributed by atoms with E-state index in [1.165, 1.54) is 11.8 Å². The van der Waals surface area contributed by atoms with Crippen LogP contribution in [0.1, 0.15) is 29.6 Å². The monoisotopic (exact) mass is 472 g/mol. The van der Waals surface area contributed by atoms with E-state index in [1.54, 1.807) is 6.21 Å². The van der Waals surface area contributed by atoms with Crippen molar-refractivity contribution in [1.82, 2.24) is 15.0 Å². The van der Waals surface area contributed by atoms with Crippen LogP contribution in [0, 0.1) is 20.8 Å². The number of hydrogen-bond acceptors (Lipinski definition) is 5. The predicted octanol–water partition coefficient (Wildman–Crippen LogP) is 5.59. The number of hydrazone groups is 1. The molecule has 0 radical (unpaired) electrons. The Morgan fingerprint density at radius 3 is 2.65 bits per heavy atom. The number of fused-ring (bicyclic) bond motifs is 1. The van der Waals surface area contributed by atoms with Crippen LogP contribution in [0.3, 0.4) is 0 Å². The summed E-state index contributed by atoms with van der Waals surface area (Å²) in [5, 5.41) is 5.25. The number of para-hydroxylation sites is 1. The summed E-state index contributed by atoms with van der Waals surface area (Å²) < 4.78 is 7.70. The largest absolute Gasteiger partial charge is 0.494 e. The molecule has 0 saturated carbocycles. The lowest BCUT2D eigenvalue weighted by atomic mass is 10.2. The summed E-state index contributed by atoms with van der Waals surface area (Å²) in [7, 11) is 0. The van der Waals surface area contributed by atoms with Crippen LogP contribution in [0.2, 0.25) is 0 Å². The molecular formula is C27H28N4O2S. The average Bonchev–Trinajstić information content (AvgIpc) is 3.11. The van der Waals surface area contributed by atoms with Crippen LogP contribution in [0.4, 0.5) is 0 Å². The Bertz CT molecular complexity index is 1340. The Morgan fingerprint density at radius 2 is 1.88 bits per heavy atom. The van der Waals surface area contributed by atoms with Gasteiger partial charge in [0.1, 0.15) is 5.75 Å². The first-order valence-corrected chi connectivity index (χ1v) is 12.2. The van der Waals surface area contributed by atoms with Gasteiger partial charge in [-0.3, -0.25) is 9.78 Å². The van der Waals surface area contributed by atoms with Crippen LogP contribution in [-0.2, 0) is 4.79 Å². The Kier molecular flexibility index (Phi) is 7.33. The van der Waals surface area contributed by atoms with Crippen LogP contribution in [-0.4, -0.2) is 34.0 Å². The molecule has 0 saturated heterocycles. The van der Waals surface area contributed by atoms with Gasteiger partial charge in [-0.2, -0.15) is 5.10 Å². The number of benzene rings is 2. The summed E-state index contributed by atoms with van der Waals surface area (Å²) >= 11 is 1.49. The van der Waals surface area contributed by atoms with Crippen LogP contribution in [0.15, 0.2) is 70.7 Å². The molecule has 0 atom stereocenters. The molecule has 6 nitrogen and oxygen atoms in total. The van der Waals surface area contributed by atoms with Crippen LogP contribution < -0.4 is 10.2 Å². The van der Waals surface area contributed by atoms with Gasteiger partial charge in [-0.25, -0.2) is 5.43 Å². The van der Waals surface area contributed by atoms with Gasteiger partial charge in [-0.15, -0.1) is 11.8 Å². The van der Waals surface area contributed by atoms with Gasteiger partial charge in [0.05, 0.1) is 24.1 Å². The van der Waals surface area contributed by atoms with E-state index in [2.05, 4.69) is 33.1 Å². The zero-order chi connectivity index (χ0) is 24.1. The van der Waals surface area contributed by atoms with Crippen molar-refractivity contribution in [3.8, 4) is 11.4 Å². The van der Waals surface area contributed by atoms with Gasteiger partial charge >= 0.3 is 0 Å². The molecule has 0 aliphatic carbocycles. The molecule has 0 aliphatic rings. The molecule has 2 aromatic carbocycles. The van der Waals surface area contributed by atoms with Crippen molar-refractivity contribution >= 4 is 34.8 Å². The van der Waals surface area contributed by atoms with Crippen LogP contribution in [0.25, 0.3) is 16.6 Å². The van der Waals surface area contributed by atoms with Gasteiger partial charge in [0.25, 0.3) is 0 Å². The highest BCUT2D eigenvalue weighted by Gasteiger charge is 2.11.